The van der Waals surface area contributed by atoms with Crippen LogP contribution in [0.5, 0.6) is 0 Å². The van der Waals surface area contributed by atoms with Gasteiger partial charge in [-0.2, -0.15) is 0 Å². The van der Waals surface area contributed by atoms with Crippen LogP contribution in [-0.2, 0) is 13.1 Å². The fraction of sp³-hybridized carbons (Fsp3) is 0.308. The Kier molecular flexibility index (Phi) is 4.28. The second-order valence-electron chi connectivity index (χ2n) is 4.10. The van der Waals surface area contributed by atoms with E-state index in [0.717, 1.165) is 29.5 Å². The smallest absolute Gasteiger partial charge is 0.123 e. The molecule has 0 atom stereocenters. The van der Waals surface area contributed by atoms with Crippen LogP contribution in [0.15, 0.2) is 29.6 Å². The highest BCUT2D eigenvalue weighted by molar-refractivity contribution is 7.09. The highest BCUT2D eigenvalue weighted by Gasteiger charge is 2.06. The minimum absolute atomic E-state index is 0.211. The Morgan fingerprint density at radius 1 is 1.33 bits per heavy atom. The molecule has 0 aliphatic rings. The molecule has 3 nitrogen and oxygen atoms in total. The molecule has 5 heteroatoms. The maximum absolute atomic E-state index is 12.8. The number of rotatable bonds is 5. The van der Waals surface area contributed by atoms with Gasteiger partial charge in [0.05, 0.1) is 12.2 Å². The number of thiazole rings is 1. The molecular weight excluding hydrogens is 249 g/mol. The van der Waals surface area contributed by atoms with Gasteiger partial charge in [-0.15, -0.1) is 11.3 Å². The summed E-state index contributed by atoms with van der Waals surface area (Å²) in [5, 5.41) is 6.23. The highest BCUT2D eigenvalue weighted by atomic mass is 32.1. The molecule has 0 radical (unpaired) electrons. The van der Waals surface area contributed by atoms with Gasteiger partial charge in [0.2, 0.25) is 0 Å². The summed E-state index contributed by atoms with van der Waals surface area (Å²) >= 11 is 1.65. The highest BCUT2D eigenvalue weighted by Crippen LogP contribution is 2.17. The first kappa shape index (κ1) is 13.0. The van der Waals surface area contributed by atoms with Crippen molar-refractivity contribution in [2.75, 3.05) is 19.0 Å². The first-order valence-electron chi connectivity index (χ1n) is 5.73. The van der Waals surface area contributed by atoms with Gasteiger partial charge in [0.25, 0.3) is 0 Å². The first-order chi connectivity index (χ1) is 8.69. The van der Waals surface area contributed by atoms with E-state index in [9.17, 15) is 4.39 Å². The zero-order valence-corrected chi connectivity index (χ0v) is 11.3. The first-order valence-corrected chi connectivity index (χ1v) is 6.61. The number of aromatic nitrogens is 1. The molecular formula is C13H16FN3S. The van der Waals surface area contributed by atoms with Crippen LogP contribution in [0.4, 0.5) is 10.1 Å². The maximum atomic E-state index is 12.8. The average Bonchev–Trinajstić information content (AvgIpc) is 2.78. The Morgan fingerprint density at radius 3 is 2.72 bits per heavy atom. The topological polar surface area (TPSA) is 28.2 Å². The summed E-state index contributed by atoms with van der Waals surface area (Å²) in [5.74, 6) is -0.211. The zero-order valence-electron chi connectivity index (χ0n) is 10.5. The second-order valence-corrected chi connectivity index (χ2v) is 5.04. The number of anilines is 1. The van der Waals surface area contributed by atoms with Crippen LogP contribution >= 0.6 is 11.3 Å². The third-order valence-electron chi connectivity index (χ3n) is 2.59. The molecule has 0 saturated heterocycles. The van der Waals surface area contributed by atoms with Crippen LogP contribution < -0.4 is 10.2 Å². The number of hydrogen-bond donors (Lipinski definition) is 1. The molecule has 0 fully saturated rings. The van der Waals surface area contributed by atoms with Crippen LogP contribution in [0.3, 0.4) is 0 Å². The standard InChI is InChI=1S/C13H16FN3S/c1-15-7-13-16-11(9-18-13)8-17(2)12-5-3-10(14)4-6-12/h3-6,9,15H,7-8H2,1-2H3. The monoisotopic (exact) mass is 265 g/mol. The summed E-state index contributed by atoms with van der Waals surface area (Å²) in [6.07, 6.45) is 0. The summed E-state index contributed by atoms with van der Waals surface area (Å²) in [5.41, 5.74) is 2.02. The van der Waals surface area contributed by atoms with Gasteiger partial charge in [-0.25, -0.2) is 9.37 Å². The quantitative estimate of drug-likeness (QED) is 0.901. The summed E-state index contributed by atoms with van der Waals surface area (Å²) in [6, 6.07) is 6.49. The lowest BCUT2D eigenvalue weighted by atomic mass is 10.3. The van der Waals surface area contributed by atoms with Crippen molar-refractivity contribution in [1.82, 2.24) is 10.3 Å². The van der Waals surface area contributed by atoms with Crippen LogP contribution in [0.1, 0.15) is 10.7 Å². The lowest BCUT2D eigenvalue weighted by molar-refractivity contribution is 0.627. The molecule has 1 aromatic heterocycles. The number of benzene rings is 1. The fourth-order valence-electron chi connectivity index (χ4n) is 1.68. The van der Waals surface area contributed by atoms with E-state index in [1.807, 2.05) is 14.1 Å². The van der Waals surface area contributed by atoms with E-state index >= 15 is 0 Å². The van der Waals surface area contributed by atoms with Gasteiger partial charge >= 0.3 is 0 Å². The third-order valence-corrected chi connectivity index (χ3v) is 3.49. The zero-order chi connectivity index (χ0) is 13.0. The Hall–Kier alpha value is -1.46. The van der Waals surface area contributed by atoms with Crippen molar-refractivity contribution in [3.63, 3.8) is 0 Å². The molecule has 96 valence electrons. The number of nitrogens with one attached hydrogen (secondary N) is 1. The minimum atomic E-state index is -0.211. The molecule has 0 aliphatic carbocycles. The van der Waals surface area contributed by atoms with Crippen LogP contribution in [-0.4, -0.2) is 19.1 Å². The van der Waals surface area contributed by atoms with Crippen LogP contribution in [0.25, 0.3) is 0 Å². The van der Waals surface area contributed by atoms with E-state index in [1.54, 1.807) is 23.5 Å². The number of halogens is 1. The molecule has 1 heterocycles. The minimum Gasteiger partial charge on any atom is -0.369 e. The third kappa shape index (κ3) is 3.27. The molecule has 0 spiro atoms. The van der Waals surface area contributed by atoms with Gasteiger partial charge in [-0.05, 0) is 31.3 Å². The second kappa shape index (κ2) is 5.93. The maximum Gasteiger partial charge on any atom is 0.123 e. The Labute approximate surface area is 110 Å². The van der Waals surface area contributed by atoms with E-state index in [0.29, 0.717) is 0 Å². The van der Waals surface area contributed by atoms with Crippen molar-refractivity contribution in [1.29, 1.82) is 0 Å². The Morgan fingerprint density at radius 2 is 2.06 bits per heavy atom. The molecule has 2 aromatic rings. The predicted molar refractivity (Wildman–Crippen MR) is 73.4 cm³/mol. The summed E-state index contributed by atoms with van der Waals surface area (Å²) in [4.78, 5) is 6.58. The van der Waals surface area contributed by atoms with Gasteiger partial charge < -0.3 is 10.2 Å². The number of hydrogen-bond acceptors (Lipinski definition) is 4. The van der Waals surface area contributed by atoms with Gasteiger partial charge in [0, 0.05) is 24.7 Å². The lowest BCUT2D eigenvalue weighted by Crippen LogP contribution is -2.16. The average molecular weight is 265 g/mol. The SMILES string of the molecule is CNCc1nc(CN(C)c2ccc(F)cc2)cs1. The molecule has 1 N–H and O–H groups in total. The Bertz CT molecular complexity index is 495. The van der Waals surface area contributed by atoms with Crippen molar-refractivity contribution < 1.29 is 4.39 Å². The van der Waals surface area contributed by atoms with Crippen molar-refractivity contribution in [2.24, 2.45) is 0 Å². The van der Waals surface area contributed by atoms with Crippen molar-refractivity contribution in [3.8, 4) is 0 Å². The predicted octanol–water partition coefficient (Wildman–Crippen LogP) is 2.64. The van der Waals surface area contributed by atoms with Gasteiger partial charge in [0.1, 0.15) is 10.8 Å². The van der Waals surface area contributed by atoms with E-state index in [2.05, 4.69) is 20.6 Å². The summed E-state index contributed by atoms with van der Waals surface area (Å²) in [6.45, 7) is 1.52. The van der Waals surface area contributed by atoms with Crippen molar-refractivity contribution >= 4 is 17.0 Å². The molecule has 0 unspecified atom stereocenters. The van der Waals surface area contributed by atoms with Gasteiger partial charge in [-0.3, -0.25) is 0 Å². The lowest BCUT2D eigenvalue weighted by Gasteiger charge is -2.17. The van der Waals surface area contributed by atoms with E-state index in [-0.39, 0.29) is 5.82 Å². The Balaban J connectivity index is 2.01. The molecule has 0 aliphatic heterocycles. The largest absolute Gasteiger partial charge is 0.369 e. The molecule has 1 aromatic carbocycles. The van der Waals surface area contributed by atoms with Crippen LogP contribution in [0, 0.1) is 5.82 Å². The summed E-state index contributed by atoms with van der Waals surface area (Å²) < 4.78 is 12.8. The number of nitrogens with zero attached hydrogens (tertiary/aromatic N) is 2. The van der Waals surface area contributed by atoms with E-state index in [4.69, 9.17) is 0 Å². The van der Waals surface area contributed by atoms with Crippen LogP contribution in [0.2, 0.25) is 0 Å². The molecule has 0 saturated carbocycles. The van der Waals surface area contributed by atoms with Gasteiger partial charge in [0.15, 0.2) is 0 Å². The summed E-state index contributed by atoms with van der Waals surface area (Å²) in [7, 11) is 3.88. The molecule has 0 amide bonds. The van der Waals surface area contributed by atoms with Gasteiger partial charge in [-0.1, -0.05) is 0 Å². The van der Waals surface area contributed by atoms with Crippen molar-refractivity contribution in [2.45, 2.75) is 13.1 Å². The molecule has 2 rings (SSSR count). The molecule has 0 bridgehead atoms. The van der Waals surface area contributed by atoms with Crippen molar-refractivity contribution in [3.05, 3.63) is 46.2 Å². The van der Waals surface area contributed by atoms with E-state index in [1.165, 1.54) is 12.1 Å². The van der Waals surface area contributed by atoms with E-state index < -0.39 is 0 Å². The fourth-order valence-corrected chi connectivity index (χ4v) is 2.48. The molecule has 18 heavy (non-hydrogen) atoms. The normalized spacial score (nSPS) is 10.6.